The number of allylic oxidation sites excluding steroid dienone is 3. The number of Topliss-reactive ketones (excluding diaryl/α,β-unsaturated/α-hetero) is 1. The first-order valence-corrected chi connectivity index (χ1v) is 13.6. The lowest BCUT2D eigenvalue weighted by molar-refractivity contribution is -0.118. The van der Waals surface area contributed by atoms with Crippen molar-refractivity contribution in [3.05, 3.63) is 116 Å². The van der Waals surface area contributed by atoms with Gasteiger partial charge in [-0.25, -0.2) is 4.39 Å². The molecule has 1 aliphatic heterocycles. The van der Waals surface area contributed by atoms with E-state index in [2.05, 4.69) is 6.07 Å². The molecule has 0 radical (unpaired) electrons. The second-order valence-corrected chi connectivity index (χ2v) is 11.7. The normalized spacial score (nSPS) is 18.5. The predicted octanol–water partition coefficient (Wildman–Crippen LogP) is 7.62. The molecule has 0 spiro atoms. The highest BCUT2D eigenvalue weighted by Crippen LogP contribution is 2.51. The number of carbonyl (C=O) groups is 1. The van der Waals surface area contributed by atoms with Gasteiger partial charge in [0.1, 0.15) is 24.0 Å². The highest BCUT2D eigenvalue weighted by molar-refractivity contribution is 6.32. The summed E-state index contributed by atoms with van der Waals surface area (Å²) in [7, 11) is 0. The maximum atomic E-state index is 15.1. The third kappa shape index (κ3) is 4.87. The number of hydrogen-bond acceptors (Lipinski definition) is 5. The van der Waals surface area contributed by atoms with Gasteiger partial charge in [-0.05, 0) is 66.6 Å². The van der Waals surface area contributed by atoms with Gasteiger partial charge in [0.25, 0.3) is 0 Å². The highest BCUT2D eigenvalue weighted by Gasteiger charge is 2.45. The van der Waals surface area contributed by atoms with E-state index in [0.717, 1.165) is 22.3 Å². The SMILES string of the molecule is Cc1cc(COc2ccccc2Cl)c(C)c(C2C(C#N)=C(N)N(c3ccccc3F)C3=C2C(=O)CC(C)(C)C3)c1. The molecular formula is C33H31ClFN3O2. The molecule has 1 unspecified atom stereocenters. The van der Waals surface area contributed by atoms with E-state index in [0.29, 0.717) is 34.9 Å². The Morgan fingerprint density at radius 3 is 2.52 bits per heavy atom. The fourth-order valence-corrected chi connectivity index (χ4v) is 6.05. The first kappa shape index (κ1) is 27.5. The molecular weight excluding hydrogens is 525 g/mol. The quantitative estimate of drug-likeness (QED) is 0.350. The van der Waals surface area contributed by atoms with E-state index in [1.807, 2.05) is 58.0 Å². The number of carbonyl (C=O) groups excluding carboxylic acids is 1. The van der Waals surface area contributed by atoms with Crippen molar-refractivity contribution in [1.29, 1.82) is 5.26 Å². The van der Waals surface area contributed by atoms with Crippen molar-refractivity contribution >= 4 is 23.1 Å². The third-order valence-electron chi connectivity index (χ3n) is 7.70. The van der Waals surface area contributed by atoms with Gasteiger partial charge in [0.2, 0.25) is 0 Å². The van der Waals surface area contributed by atoms with E-state index in [4.69, 9.17) is 22.1 Å². The Balaban J connectivity index is 1.69. The fourth-order valence-electron chi connectivity index (χ4n) is 5.86. The lowest BCUT2D eigenvalue weighted by atomic mass is 9.68. The van der Waals surface area contributed by atoms with E-state index < -0.39 is 11.7 Å². The van der Waals surface area contributed by atoms with Gasteiger partial charge in [0, 0.05) is 17.7 Å². The van der Waals surface area contributed by atoms with E-state index in [1.165, 1.54) is 6.07 Å². The van der Waals surface area contributed by atoms with Crippen molar-refractivity contribution in [2.45, 2.75) is 53.1 Å². The second kappa shape index (κ2) is 10.5. The molecule has 2 aliphatic rings. The molecule has 3 aromatic rings. The zero-order chi connectivity index (χ0) is 28.8. The standard InChI is InChI=1S/C33H31ClFN3O2/c1-19-13-21(18-40-29-12-8-5-9-24(29)34)20(2)22(14-19)30-23(17-36)32(37)38(26-11-7-6-10-25(26)35)27-15-33(3,4)16-28(39)31(27)30/h5-14,30H,15-16,18,37H2,1-4H3. The number of aryl methyl sites for hydroxylation is 1. The lowest BCUT2D eigenvalue weighted by Crippen LogP contribution is -2.42. The Morgan fingerprint density at radius 1 is 1.12 bits per heavy atom. The highest BCUT2D eigenvalue weighted by atomic mass is 35.5. The van der Waals surface area contributed by atoms with Crippen LogP contribution in [0.15, 0.2) is 83.3 Å². The van der Waals surface area contributed by atoms with Gasteiger partial charge in [0.05, 0.1) is 28.3 Å². The van der Waals surface area contributed by atoms with Crippen molar-refractivity contribution in [3.8, 4) is 11.8 Å². The molecule has 1 atom stereocenters. The summed E-state index contributed by atoms with van der Waals surface area (Å²) < 4.78 is 21.2. The maximum Gasteiger partial charge on any atom is 0.162 e. The zero-order valence-electron chi connectivity index (χ0n) is 23.0. The number of ether oxygens (including phenoxy) is 1. The molecule has 3 aromatic carbocycles. The number of nitrogens with two attached hydrogens (primary N) is 1. The Bertz CT molecular complexity index is 1630. The van der Waals surface area contributed by atoms with Crippen molar-refractivity contribution in [2.24, 2.45) is 11.1 Å². The summed E-state index contributed by atoms with van der Waals surface area (Å²) in [6.07, 6.45) is 0.824. The average Bonchev–Trinajstić information content (AvgIpc) is 2.89. The van der Waals surface area contributed by atoms with Gasteiger partial charge in [-0.15, -0.1) is 0 Å². The Morgan fingerprint density at radius 2 is 1.82 bits per heavy atom. The zero-order valence-corrected chi connectivity index (χ0v) is 23.8. The Hall–Kier alpha value is -4.08. The average molecular weight is 556 g/mol. The van der Waals surface area contributed by atoms with Crippen LogP contribution in [0.4, 0.5) is 10.1 Å². The van der Waals surface area contributed by atoms with E-state index >= 15 is 4.39 Å². The summed E-state index contributed by atoms with van der Waals surface area (Å²) in [5.74, 6) is -0.509. The molecule has 1 heterocycles. The van der Waals surface area contributed by atoms with E-state index in [-0.39, 0.29) is 34.9 Å². The number of para-hydroxylation sites is 2. The molecule has 0 saturated carbocycles. The number of nitriles is 1. The molecule has 1 aliphatic carbocycles. The van der Waals surface area contributed by atoms with Crippen molar-refractivity contribution in [2.75, 3.05) is 4.90 Å². The van der Waals surface area contributed by atoms with Gasteiger partial charge in [-0.2, -0.15) is 5.26 Å². The van der Waals surface area contributed by atoms with Gasteiger partial charge in [-0.1, -0.05) is 67.4 Å². The molecule has 0 bridgehead atoms. The number of nitrogens with zero attached hydrogens (tertiary/aromatic N) is 2. The Kier molecular flexibility index (Phi) is 7.20. The molecule has 40 heavy (non-hydrogen) atoms. The molecule has 0 amide bonds. The lowest BCUT2D eigenvalue weighted by Gasteiger charge is -2.44. The van der Waals surface area contributed by atoms with Gasteiger partial charge < -0.3 is 10.5 Å². The molecule has 5 rings (SSSR count). The number of anilines is 1. The number of benzene rings is 3. The van der Waals surface area contributed by atoms with Crippen LogP contribution >= 0.6 is 11.6 Å². The van der Waals surface area contributed by atoms with Crippen LogP contribution in [0.5, 0.6) is 5.75 Å². The van der Waals surface area contributed by atoms with Crippen LogP contribution in [-0.2, 0) is 11.4 Å². The molecule has 204 valence electrons. The van der Waals surface area contributed by atoms with Gasteiger partial charge in [0.15, 0.2) is 5.78 Å². The molecule has 7 heteroatoms. The smallest absolute Gasteiger partial charge is 0.162 e. The van der Waals surface area contributed by atoms with Crippen LogP contribution < -0.4 is 15.4 Å². The first-order chi connectivity index (χ1) is 19.0. The van der Waals surface area contributed by atoms with Crippen molar-refractivity contribution in [3.63, 3.8) is 0 Å². The number of halogens is 2. The maximum absolute atomic E-state index is 15.1. The summed E-state index contributed by atoms with van der Waals surface area (Å²) in [5.41, 5.74) is 11.5. The molecule has 0 fully saturated rings. The van der Waals surface area contributed by atoms with Crippen LogP contribution in [0.3, 0.4) is 0 Å². The number of rotatable bonds is 5. The molecule has 0 aromatic heterocycles. The van der Waals surface area contributed by atoms with Crippen molar-refractivity contribution < 1.29 is 13.9 Å². The summed E-state index contributed by atoms with van der Waals surface area (Å²) in [6, 6.07) is 19.9. The van der Waals surface area contributed by atoms with Crippen LogP contribution in [0, 0.1) is 36.4 Å². The Labute approximate surface area is 239 Å². The second-order valence-electron chi connectivity index (χ2n) is 11.3. The first-order valence-electron chi connectivity index (χ1n) is 13.2. The molecule has 5 nitrogen and oxygen atoms in total. The summed E-state index contributed by atoms with van der Waals surface area (Å²) in [6.45, 7) is 8.23. The van der Waals surface area contributed by atoms with Crippen LogP contribution in [0.25, 0.3) is 0 Å². The fraction of sp³-hybridized carbons (Fsp3) is 0.273. The number of ketones is 1. The summed E-state index contributed by atoms with van der Waals surface area (Å²) >= 11 is 6.30. The monoisotopic (exact) mass is 555 g/mol. The predicted molar refractivity (Wildman–Crippen MR) is 155 cm³/mol. The minimum absolute atomic E-state index is 0.0624. The molecule has 0 saturated heterocycles. The summed E-state index contributed by atoms with van der Waals surface area (Å²) in [4.78, 5) is 15.5. The van der Waals surface area contributed by atoms with Crippen LogP contribution in [0.2, 0.25) is 5.02 Å². The van der Waals surface area contributed by atoms with E-state index in [9.17, 15) is 10.1 Å². The summed E-state index contributed by atoms with van der Waals surface area (Å²) in [5, 5.41) is 11.0. The van der Waals surface area contributed by atoms with Crippen LogP contribution in [0.1, 0.15) is 54.9 Å². The van der Waals surface area contributed by atoms with E-state index in [1.54, 1.807) is 29.2 Å². The van der Waals surface area contributed by atoms with Crippen LogP contribution in [-0.4, -0.2) is 5.78 Å². The number of hydrogen-bond donors (Lipinski definition) is 1. The van der Waals surface area contributed by atoms with Gasteiger partial charge >= 0.3 is 0 Å². The topological polar surface area (TPSA) is 79.3 Å². The minimum Gasteiger partial charge on any atom is -0.487 e. The third-order valence-corrected chi connectivity index (χ3v) is 8.02. The minimum atomic E-state index is -0.675. The largest absolute Gasteiger partial charge is 0.487 e. The molecule has 2 N–H and O–H groups in total. The van der Waals surface area contributed by atoms with Gasteiger partial charge in [-0.3, -0.25) is 9.69 Å². The van der Waals surface area contributed by atoms with Crippen molar-refractivity contribution in [1.82, 2.24) is 0 Å².